The molecule has 3 rings (SSSR count). The predicted octanol–water partition coefficient (Wildman–Crippen LogP) is 3.03. The van der Waals surface area contributed by atoms with E-state index in [-0.39, 0.29) is 5.37 Å². The number of carbonyl (C=O) groups is 1. The molecule has 7 heteroatoms. The minimum absolute atomic E-state index is 0.281. The number of ether oxygens (including phenoxy) is 1. The number of benzene rings is 1. The molecule has 1 N–H and O–H groups in total. The molecular formula is C21H25N3O3S. The van der Waals surface area contributed by atoms with Crippen LogP contribution in [0.25, 0.3) is 0 Å². The van der Waals surface area contributed by atoms with Crippen LogP contribution in [0.3, 0.4) is 0 Å². The first-order valence-electron chi connectivity index (χ1n) is 9.41. The molecule has 2 heterocycles. The lowest BCUT2D eigenvalue weighted by Crippen LogP contribution is -2.47. The van der Waals surface area contributed by atoms with E-state index < -0.39 is 5.97 Å². The number of carboxylic acid groups (broad SMARTS) is 1. The Bertz CT molecular complexity index is 838. The van der Waals surface area contributed by atoms with E-state index in [2.05, 4.69) is 15.9 Å². The molecule has 0 amide bonds. The fourth-order valence-electron chi connectivity index (χ4n) is 3.60. The number of nitrogens with zero attached hydrogens (tertiary/aromatic N) is 3. The fourth-order valence-corrected chi connectivity index (χ4v) is 4.73. The van der Waals surface area contributed by atoms with Gasteiger partial charge in [0.05, 0.1) is 30.4 Å². The van der Waals surface area contributed by atoms with Crippen molar-refractivity contribution in [2.75, 3.05) is 32.1 Å². The number of nitriles is 1. The van der Waals surface area contributed by atoms with Crippen molar-refractivity contribution in [3.63, 3.8) is 0 Å². The smallest absolute Gasteiger partial charge is 0.334 e. The van der Waals surface area contributed by atoms with Gasteiger partial charge < -0.3 is 19.6 Å². The molecule has 1 aromatic carbocycles. The van der Waals surface area contributed by atoms with Crippen molar-refractivity contribution in [3.05, 3.63) is 58.4 Å². The number of aliphatic carboxylic acids is 1. The molecule has 0 bridgehead atoms. The number of rotatable bonds is 6. The first kappa shape index (κ1) is 20.3. The first-order chi connectivity index (χ1) is 13.5. The lowest BCUT2D eigenvalue weighted by atomic mass is 10.0. The summed E-state index contributed by atoms with van der Waals surface area (Å²) in [5.41, 5.74) is 2.82. The third kappa shape index (κ3) is 4.34. The SMILES string of the molecule is CCSC1C(C(=O)O)=C(C)C=C(N2CCOCC2)N1Cc1cccc(C#N)c1. The van der Waals surface area contributed by atoms with E-state index in [4.69, 9.17) is 4.74 Å². The van der Waals surface area contributed by atoms with E-state index in [1.54, 1.807) is 17.8 Å². The van der Waals surface area contributed by atoms with Gasteiger partial charge in [-0.15, -0.1) is 11.8 Å². The van der Waals surface area contributed by atoms with Crippen LogP contribution in [-0.2, 0) is 16.1 Å². The zero-order valence-electron chi connectivity index (χ0n) is 16.2. The second kappa shape index (κ2) is 9.18. The van der Waals surface area contributed by atoms with Crippen LogP contribution < -0.4 is 0 Å². The van der Waals surface area contributed by atoms with Crippen molar-refractivity contribution < 1.29 is 14.6 Å². The Hall–Kier alpha value is -2.43. The average molecular weight is 400 g/mol. The summed E-state index contributed by atoms with van der Waals surface area (Å²) in [6.45, 7) is 7.34. The molecule has 0 spiro atoms. The minimum Gasteiger partial charge on any atom is -0.478 e. The van der Waals surface area contributed by atoms with Gasteiger partial charge in [-0.3, -0.25) is 0 Å². The van der Waals surface area contributed by atoms with Gasteiger partial charge in [-0.1, -0.05) is 19.1 Å². The van der Waals surface area contributed by atoms with Gasteiger partial charge in [0, 0.05) is 19.6 Å². The van der Waals surface area contributed by atoms with Crippen molar-refractivity contribution in [1.29, 1.82) is 5.26 Å². The molecular weight excluding hydrogens is 374 g/mol. The summed E-state index contributed by atoms with van der Waals surface area (Å²) in [7, 11) is 0. The lowest BCUT2D eigenvalue weighted by molar-refractivity contribution is -0.133. The molecule has 0 aliphatic carbocycles. The van der Waals surface area contributed by atoms with Gasteiger partial charge in [-0.2, -0.15) is 5.26 Å². The summed E-state index contributed by atoms with van der Waals surface area (Å²) >= 11 is 1.62. The molecule has 1 atom stereocenters. The number of hydrogen-bond donors (Lipinski definition) is 1. The summed E-state index contributed by atoms with van der Waals surface area (Å²) in [6.07, 6.45) is 1.98. The minimum atomic E-state index is -0.878. The molecule has 2 aliphatic heterocycles. The molecule has 1 saturated heterocycles. The number of carboxylic acids is 1. The number of hydrogen-bond acceptors (Lipinski definition) is 6. The van der Waals surface area contributed by atoms with E-state index >= 15 is 0 Å². The van der Waals surface area contributed by atoms with Crippen LogP contribution in [-0.4, -0.2) is 58.3 Å². The molecule has 6 nitrogen and oxygen atoms in total. The lowest BCUT2D eigenvalue weighted by Gasteiger charge is -2.44. The molecule has 1 fully saturated rings. The fraction of sp³-hybridized carbons (Fsp3) is 0.429. The normalized spacial score (nSPS) is 20.0. The largest absolute Gasteiger partial charge is 0.478 e. The Balaban J connectivity index is 2.02. The van der Waals surface area contributed by atoms with Crippen LogP contribution in [0.1, 0.15) is 25.0 Å². The molecule has 0 radical (unpaired) electrons. The zero-order valence-corrected chi connectivity index (χ0v) is 17.0. The van der Waals surface area contributed by atoms with Gasteiger partial charge >= 0.3 is 5.97 Å². The van der Waals surface area contributed by atoms with Crippen molar-refractivity contribution >= 4 is 17.7 Å². The second-order valence-corrected chi connectivity index (χ2v) is 8.11. The van der Waals surface area contributed by atoms with Crippen LogP contribution in [0.5, 0.6) is 0 Å². The van der Waals surface area contributed by atoms with Crippen molar-refractivity contribution in [3.8, 4) is 6.07 Å². The molecule has 28 heavy (non-hydrogen) atoms. The Morgan fingerprint density at radius 3 is 2.79 bits per heavy atom. The summed E-state index contributed by atoms with van der Waals surface area (Å²) in [5, 5.41) is 18.8. The van der Waals surface area contributed by atoms with E-state index in [9.17, 15) is 15.2 Å². The van der Waals surface area contributed by atoms with E-state index in [0.29, 0.717) is 30.9 Å². The maximum Gasteiger partial charge on any atom is 0.334 e. The van der Waals surface area contributed by atoms with Gasteiger partial charge in [0.1, 0.15) is 11.2 Å². The van der Waals surface area contributed by atoms with Gasteiger partial charge in [-0.05, 0) is 42.0 Å². The highest BCUT2D eigenvalue weighted by Gasteiger charge is 2.35. The highest BCUT2D eigenvalue weighted by Crippen LogP contribution is 2.36. The maximum absolute atomic E-state index is 12.0. The summed E-state index contributed by atoms with van der Waals surface area (Å²) in [4.78, 5) is 16.5. The van der Waals surface area contributed by atoms with E-state index in [1.807, 2.05) is 38.1 Å². The average Bonchev–Trinajstić information content (AvgIpc) is 2.70. The third-order valence-corrected chi connectivity index (χ3v) is 6.03. The molecule has 1 aromatic rings. The summed E-state index contributed by atoms with van der Waals surface area (Å²) in [5.74, 6) is 0.954. The molecule has 2 aliphatic rings. The number of allylic oxidation sites excluding steroid dienone is 2. The van der Waals surface area contributed by atoms with Crippen LogP contribution >= 0.6 is 11.8 Å². The number of thioether (sulfide) groups is 1. The topological polar surface area (TPSA) is 76.8 Å². The quantitative estimate of drug-likeness (QED) is 0.788. The van der Waals surface area contributed by atoms with E-state index in [0.717, 1.165) is 35.8 Å². The summed E-state index contributed by atoms with van der Waals surface area (Å²) in [6, 6.07) is 9.69. The van der Waals surface area contributed by atoms with Crippen molar-refractivity contribution in [2.45, 2.75) is 25.8 Å². The Labute approximate surface area is 170 Å². The second-order valence-electron chi connectivity index (χ2n) is 6.75. The van der Waals surface area contributed by atoms with Crippen LogP contribution in [0.15, 0.2) is 47.3 Å². The Morgan fingerprint density at radius 1 is 1.39 bits per heavy atom. The predicted molar refractivity (Wildman–Crippen MR) is 109 cm³/mol. The van der Waals surface area contributed by atoms with Gasteiger partial charge in [0.2, 0.25) is 0 Å². The maximum atomic E-state index is 12.0. The molecule has 1 unspecified atom stereocenters. The highest BCUT2D eigenvalue weighted by atomic mass is 32.2. The van der Waals surface area contributed by atoms with Crippen molar-refractivity contribution in [2.24, 2.45) is 0 Å². The van der Waals surface area contributed by atoms with Crippen LogP contribution in [0, 0.1) is 11.3 Å². The molecule has 148 valence electrons. The van der Waals surface area contributed by atoms with Crippen LogP contribution in [0.2, 0.25) is 0 Å². The zero-order chi connectivity index (χ0) is 20.1. The van der Waals surface area contributed by atoms with E-state index in [1.165, 1.54) is 0 Å². The first-order valence-corrected chi connectivity index (χ1v) is 10.5. The van der Waals surface area contributed by atoms with Gasteiger partial charge in [0.25, 0.3) is 0 Å². The monoisotopic (exact) mass is 399 g/mol. The van der Waals surface area contributed by atoms with Crippen LogP contribution in [0.4, 0.5) is 0 Å². The van der Waals surface area contributed by atoms with Crippen molar-refractivity contribution in [1.82, 2.24) is 9.80 Å². The highest BCUT2D eigenvalue weighted by molar-refractivity contribution is 8.00. The third-order valence-electron chi connectivity index (χ3n) is 4.89. The summed E-state index contributed by atoms with van der Waals surface area (Å²) < 4.78 is 5.50. The Kier molecular flexibility index (Phi) is 6.65. The van der Waals surface area contributed by atoms with Gasteiger partial charge in [0.15, 0.2) is 0 Å². The standard InChI is InChI=1S/C21H25N3O3S/c1-3-28-20-19(21(25)26)15(2)11-18(23-7-9-27-10-8-23)24(20)14-17-6-4-5-16(12-17)13-22/h4-6,11-12,20H,3,7-10,14H2,1-2H3,(H,25,26). The molecule has 0 aromatic heterocycles. The Morgan fingerprint density at radius 2 is 2.14 bits per heavy atom. The van der Waals surface area contributed by atoms with Gasteiger partial charge in [-0.25, -0.2) is 4.79 Å². The molecule has 0 saturated carbocycles. The number of morpholine rings is 1.